The summed E-state index contributed by atoms with van der Waals surface area (Å²) in [5.74, 6) is 0.827. The third kappa shape index (κ3) is 4.38. The van der Waals surface area contributed by atoms with Crippen LogP contribution in [0.1, 0.15) is 0 Å². The van der Waals surface area contributed by atoms with E-state index in [2.05, 4.69) is 193 Å². The maximum atomic E-state index is 5.68. The minimum absolute atomic E-state index is 0.827. The monoisotopic (exact) mass is 777 g/mol. The Balaban J connectivity index is 1.13. The van der Waals surface area contributed by atoms with Crippen molar-refractivity contribution in [1.82, 2.24) is 14.5 Å². The summed E-state index contributed by atoms with van der Waals surface area (Å²) in [4.78, 5) is 11.3. The average Bonchev–Trinajstić information content (AvgIpc) is 3.81. The van der Waals surface area contributed by atoms with Crippen LogP contribution in [-0.2, 0) is 0 Å². The van der Waals surface area contributed by atoms with Gasteiger partial charge in [0, 0.05) is 47.5 Å². The molecule has 0 saturated heterocycles. The van der Waals surface area contributed by atoms with Gasteiger partial charge >= 0.3 is 0 Å². The molecule has 0 spiro atoms. The van der Waals surface area contributed by atoms with Crippen LogP contribution in [0.5, 0.6) is 0 Å². The molecule has 14 rings (SSSR count). The van der Waals surface area contributed by atoms with Crippen LogP contribution in [0.25, 0.3) is 136 Å². The zero-order valence-electron chi connectivity index (χ0n) is 32.1. The normalized spacial score (nSPS) is 12.3. The quantitative estimate of drug-likeness (QED) is 0.167. The summed E-state index contributed by atoms with van der Waals surface area (Å²) < 4.78 is 4.98. The number of hydrogen-bond donors (Lipinski definition) is 0. The summed E-state index contributed by atoms with van der Waals surface area (Å²) in [6.07, 6.45) is 0. The van der Waals surface area contributed by atoms with Gasteiger partial charge in [-0.25, -0.2) is 9.97 Å². The van der Waals surface area contributed by atoms with Crippen molar-refractivity contribution in [3.8, 4) is 50.5 Å². The Morgan fingerprint density at radius 1 is 0.383 bits per heavy atom. The van der Waals surface area contributed by atoms with E-state index >= 15 is 0 Å². The number of hydrogen-bond acceptors (Lipinski definition) is 3. The molecule has 10 aromatic carbocycles. The largest absolute Gasteiger partial charge is 0.292 e. The first-order valence-corrected chi connectivity index (χ1v) is 21.3. The summed E-state index contributed by atoms with van der Waals surface area (Å²) in [6.45, 7) is 0. The van der Waals surface area contributed by atoms with E-state index in [9.17, 15) is 0 Å². The minimum atomic E-state index is 0.827. The van der Waals surface area contributed by atoms with Gasteiger partial charge in [-0.15, -0.1) is 11.3 Å². The second-order valence-corrected chi connectivity index (χ2v) is 17.1. The van der Waals surface area contributed by atoms with Crippen molar-refractivity contribution < 1.29 is 0 Å². The second-order valence-electron chi connectivity index (χ2n) is 16.1. The highest BCUT2D eigenvalue weighted by Crippen LogP contribution is 2.54. The predicted octanol–water partition coefficient (Wildman–Crippen LogP) is 15.5. The van der Waals surface area contributed by atoms with Gasteiger partial charge in [0.05, 0.1) is 22.1 Å². The zero-order valence-corrected chi connectivity index (χ0v) is 33.0. The summed E-state index contributed by atoms with van der Waals surface area (Å²) >= 11 is 1.87. The Labute approximate surface area is 348 Å². The van der Waals surface area contributed by atoms with Crippen LogP contribution in [-0.4, -0.2) is 14.5 Å². The maximum Gasteiger partial charge on any atom is 0.165 e. The van der Waals surface area contributed by atoms with Crippen molar-refractivity contribution in [2.45, 2.75) is 0 Å². The third-order valence-electron chi connectivity index (χ3n) is 12.9. The number of benzene rings is 10. The van der Waals surface area contributed by atoms with Gasteiger partial charge in [-0.3, -0.25) is 4.57 Å². The minimum Gasteiger partial charge on any atom is -0.292 e. The van der Waals surface area contributed by atoms with Crippen LogP contribution in [0.15, 0.2) is 188 Å². The Kier molecular flexibility index (Phi) is 6.44. The van der Waals surface area contributed by atoms with Crippen LogP contribution in [0.4, 0.5) is 0 Å². The molecule has 0 bridgehead atoms. The lowest BCUT2D eigenvalue weighted by atomic mass is 9.91. The molecule has 0 fully saturated rings. The Morgan fingerprint density at radius 2 is 1.07 bits per heavy atom. The fourth-order valence-corrected chi connectivity index (χ4v) is 11.4. The maximum absolute atomic E-state index is 5.68. The van der Waals surface area contributed by atoms with Crippen molar-refractivity contribution in [2.24, 2.45) is 0 Å². The van der Waals surface area contributed by atoms with Crippen LogP contribution in [0.2, 0.25) is 0 Å². The van der Waals surface area contributed by atoms with Crippen LogP contribution >= 0.6 is 11.3 Å². The number of aromatic nitrogens is 3. The van der Waals surface area contributed by atoms with E-state index in [-0.39, 0.29) is 0 Å². The van der Waals surface area contributed by atoms with Gasteiger partial charge in [0.1, 0.15) is 5.69 Å². The molecule has 0 unspecified atom stereocenters. The molecule has 0 saturated carbocycles. The molecule has 13 aromatic rings. The summed E-state index contributed by atoms with van der Waals surface area (Å²) in [6, 6.07) is 68.7. The highest BCUT2D eigenvalue weighted by atomic mass is 32.1. The summed E-state index contributed by atoms with van der Waals surface area (Å²) in [7, 11) is 0. The van der Waals surface area contributed by atoms with E-state index in [0.717, 1.165) is 49.9 Å². The van der Waals surface area contributed by atoms with E-state index in [1.807, 2.05) is 11.3 Å². The van der Waals surface area contributed by atoms with Gasteiger partial charge in [0.25, 0.3) is 0 Å². The molecule has 3 nitrogen and oxygen atoms in total. The van der Waals surface area contributed by atoms with Gasteiger partial charge in [0.2, 0.25) is 0 Å². The molecule has 1 aliphatic carbocycles. The van der Waals surface area contributed by atoms with Crippen molar-refractivity contribution in [3.05, 3.63) is 188 Å². The smallest absolute Gasteiger partial charge is 0.165 e. The van der Waals surface area contributed by atoms with Gasteiger partial charge in [-0.1, -0.05) is 158 Å². The third-order valence-corrected chi connectivity index (χ3v) is 14.0. The molecule has 3 aromatic heterocycles. The Bertz CT molecular complexity index is 4000. The van der Waals surface area contributed by atoms with E-state index in [4.69, 9.17) is 9.97 Å². The fraction of sp³-hybridized carbons (Fsp3) is 0. The highest BCUT2D eigenvalue weighted by Gasteiger charge is 2.29. The lowest BCUT2D eigenvalue weighted by Gasteiger charge is -2.17. The molecule has 60 heavy (non-hydrogen) atoms. The van der Waals surface area contributed by atoms with Crippen molar-refractivity contribution in [3.63, 3.8) is 0 Å². The molecular formula is C56H31N3S. The molecule has 276 valence electrons. The summed E-state index contributed by atoms with van der Waals surface area (Å²) in [5.41, 5.74) is 13.4. The van der Waals surface area contributed by atoms with E-state index in [1.54, 1.807) is 0 Å². The van der Waals surface area contributed by atoms with Crippen LogP contribution in [0, 0.1) is 0 Å². The predicted molar refractivity (Wildman–Crippen MR) is 255 cm³/mol. The van der Waals surface area contributed by atoms with Crippen molar-refractivity contribution >= 4 is 96.7 Å². The number of rotatable bonds is 3. The first-order chi connectivity index (χ1) is 29.7. The molecule has 0 aliphatic heterocycles. The number of nitrogens with zero attached hydrogens (tertiary/aromatic N) is 3. The Morgan fingerprint density at radius 3 is 1.97 bits per heavy atom. The number of fused-ring (bicyclic) bond motifs is 11. The van der Waals surface area contributed by atoms with Gasteiger partial charge in [-0.05, 0) is 85.1 Å². The van der Waals surface area contributed by atoms with Gasteiger partial charge in [0.15, 0.2) is 5.82 Å². The molecule has 0 amide bonds. The first kappa shape index (κ1) is 32.3. The molecule has 4 heteroatoms. The molecular weight excluding hydrogens is 747 g/mol. The molecule has 0 atom stereocenters. The summed E-state index contributed by atoms with van der Waals surface area (Å²) in [5, 5.41) is 12.4. The molecule has 1 aliphatic rings. The van der Waals surface area contributed by atoms with Crippen LogP contribution < -0.4 is 0 Å². The highest BCUT2D eigenvalue weighted by molar-refractivity contribution is 7.26. The molecule has 0 N–H and O–H groups in total. The topological polar surface area (TPSA) is 30.7 Å². The standard InChI is InChI=1S/C56H31N3S/c1-2-12-37-30-38(25-22-32(37)10-1)33-20-23-36(24-21-33)54-56(57-44-28-26-34-11-3-4-14-39(34)55(44)58-54)59-45-29-27-35-13-9-18-41-40-15-5-6-16-42(40)51-50-43-17-7-8-19-47(43)60-48(50)31-46(59)53(51)52(45)49(35)41/h1-31H. The van der Waals surface area contributed by atoms with Crippen molar-refractivity contribution in [1.29, 1.82) is 0 Å². The fourth-order valence-electron chi connectivity index (χ4n) is 10.2. The average molecular weight is 778 g/mol. The van der Waals surface area contributed by atoms with Gasteiger partial charge < -0.3 is 0 Å². The Hall–Kier alpha value is -7.66. The van der Waals surface area contributed by atoms with Gasteiger partial charge in [-0.2, -0.15) is 0 Å². The van der Waals surface area contributed by atoms with E-state index in [1.165, 1.54) is 85.9 Å². The molecule has 0 radical (unpaired) electrons. The first-order valence-electron chi connectivity index (χ1n) is 20.5. The second kappa shape index (κ2) is 12.0. The lowest BCUT2D eigenvalue weighted by Crippen LogP contribution is -2.04. The molecule has 3 heterocycles. The number of thiophene rings is 1. The van der Waals surface area contributed by atoms with E-state index < -0.39 is 0 Å². The lowest BCUT2D eigenvalue weighted by molar-refractivity contribution is 1.08. The van der Waals surface area contributed by atoms with Crippen molar-refractivity contribution in [2.75, 3.05) is 0 Å². The SMILES string of the molecule is c1ccc2c(c1)-c1cccc3ccc4c(c13)c1c-2c2c(cc1n4-c1nc3ccc4ccccc4c3nc1-c1ccc(-c3ccc4ccccc4c3)cc1)sc1ccccc12. The zero-order chi connectivity index (χ0) is 39.1. The van der Waals surface area contributed by atoms with Crippen LogP contribution in [0.3, 0.4) is 0 Å². The van der Waals surface area contributed by atoms with E-state index in [0.29, 0.717) is 0 Å².